The van der Waals surface area contributed by atoms with Gasteiger partial charge in [0.2, 0.25) is 10.0 Å². The third-order valence-electron chi connectivity index (χ3n) is 4.46. The van der Waals surface area contributed by atoms with E-state index in [1.54, 1.807) is 30.9 Å². The normalized spacial score (nSPS) is 16.1. The van der Waals surface area contributed by atoms with Crippen molar-refractivity contribution in [2.24, 2.45) is 0 Å². The molecule has 3 N–H and O–H groups in total. The van der Waals surface area contributed by atoms with Crippen LogP contribution < -0.4 is 14.9 Å². The monoisotopic (exact) mass is 425 g/mol. The molecule has 1 aliphatic heterocycles. The van der Waals surface area contributed by atoms with Crippen molar-refractivity contribution in [2.75, 3.05) is 32.7 Å². The van der Waals surface area contributed by atoms with Gasteiger partial charge in [0.25, 0.3) is 11.8 Å². The minimum Gasteiger partial charge on any atom is -0.347 e. The molecule has 1 aliphatic rings. The van der Waals surface area contributed by atoms with Crippen LogP contribution in [0.15, 0.2) is 29.2 Å². The van der Waals surface area contributed by atoms with Crippen molar-refractivity contribution in [1.29, 1.82) is 0 Å². The van der Waals surface area contributed by atoms with E-state index in [2.05, 4.69) is 10.0 Å². The number of nitrogens with one attached hydrogen (secondary N) is 3. The van der Waals surface area contributed by atoms with Crippen LogP contribution in [0.2, 0.25) is 0 Å². The first kappa shape index (κ1) is 23.3. The van der Waals surface area contributed by atoms with Gasteiger partial charge in [-0.1, -0.05) is 6.07 Å². The summed E-state index contributed by atoms with van der Waals surface area (Å²) in [6.07, 6.45) is 0. The van der Waals surface area contributed by atoms with Gasteiger partial charge in [0.05, 0.1) is 31.1 Å². The predicted octanol–water partition coefficient (Wildman–Crippen LogP) is -0.371. The van der Waals surface area contributed by atoms with E-state index in [-0.39, 0.29) is 28.3 Å². The van der Waals surface area contributed by atoms with Gasteiger partial charge in [-0.05, 0) is 52.8 Å². The lowest BCUT2D eigenvalue weighted by atomic mass is 10.1. The summed E-state index contributed by atoms with van der Waals surface area (Å²) in [6.45, 7) is 12.1. The first-order valence-electron chi connectivity index (χ1n) is 9.93. The van der Waals surface area contributed by atoms with Crippen LogP contribution in [0.5, 0.6) is 0 Å². The number of hydrogen-bond donors (Lipinski definition) is 3. The number of carbonyl (C=O) groups is 2. The minimum atomic E-state index is -3.65. The van der Waals surface area contributed by atoms with Crippen LogP contribution in [0.3, 0.4) is 0 Å². The fourth-order valence-electron chi connectivity index (χ4n) is 3.25. The zero-order valence-electron chi connectivity index (χ0n) is 17.9. The van der Waals surface area contributed by atoms with E-state index < -0.39 is 10.0 Å². The Morgan fingerprint density at radius 3 is 2.34 bits per heavy atom. The summed E-state index contributed by atoms with van der Waals surface area (Å²) in [4.78, 5) is 27.9. The Bertz CT molecular complexity index is 838. The number of piperazine rings is 1. The smallest absolute Gasteiger partial charge is 0.275 e. The number of benzene rings is 1. The maximum absolute atomic E-state index is 12.8. The molecule has 0 spiro atoms. The standard InChI is InChI=1S/C20H32N4O4S/c1-15(2)22-29(27,28)17-8-6-7-16(13-17)19(26)24-11-9-23(10-12-24)14-18(25)21-20(3,4)5/h6-8,13,15,22H,9-12,14H2,1-5H3,(H,21,25)/p+1. The van der Waals surface area contributed by atoms with E-state index in [0.29, 0.717) is 38.3 Å². The molecule has 0 unspecified atom stereocenters. The summed E-state index contributed by atoms with van der Waals surface area (Å²) in [5.41, 5.74) is 0.0925. The van der Waals surface area contributed by atoms with Gasteiger partial charge >= 0.3 is 0 Å². The number of quaternary nitrogens is 1. The highest BCUT2D eigenvalue weighted by atomic mass is 32.2. The molecule has 1 aromatic carbocycles. The average Bonchev–Trinajstić information content (AvgIpc) is 2.59. The second-order valence-corrected chi connectivity index (χ2v) is 10.5. The molecule has 1 saturated heterocycles. The van der Waals surface area contributed by atoms with Crippen molar-refractivity contribution in [1.82, 2.24) is 14.9 Å². The average molecular weight is 426 g/mol. The van der Waals surface area contributed by atoms with E-state index in [0.717, 1.165) is 4.90 Å². The van der Waals surface area contributed by atoms with Crippen LogP contribution in [-0.4, -0.2) is 69.4 Å². The van der Waals surface area contributed by atoms with Crippen LogP contribution in [0.25, 0.3) is 0 Å². The van der Waals surface area contributed by atoms with Crippen LogP contribution in [0, 0.1) is 0 Å². The Morgan fingerprint density at radius 2 is 1.79 bits per heavy atom. The predicted molar refractivity (Wildman–Crippen MR) is 111 cm³/mol. The number of amides is 2. The lowest BCUT2D eigenvalue weighted by molar-refractivity contribution is -0.896. The van der Waals surface area contributed by atoms with E-state index in [9.17, 15) is 18.0 Å². The third kappa shape index (κ3) is 7.09. The quantitative estimate of drug-likeness (QED) is 0.579. The second-order valence-electron chi connectivity index (χ2n) is 8.82. The van der Waals surface area contributed by atoms with E-state index in [1.807, 2.05) is 20.8 Å². The molecule has 0 saturated carbocycles. The molecule has 0 radical (unpaired) electrons. The third-order valence-corrected chi connectivity index (χ3v) is 6.12. The van der Waals surface area contributed by atoms with Crippen molar-refractivity contribution < 1.29 is 22.9 Å². The Hall–Kier alpha value is -1.97. The summed E-state index contributed by atoms with van der Waals surface area (Å²) in [7, 11) is -3.65. The second kappa shape index (κ2) is 9.23. The molecule has 0 aliphatic carbocycles. The van der Waals surface area contributed by atoms with Gasteiger partial charge in [0.1, 0.15) is 0 Å². The fraction of sp³-hybridized carbons (Fsp3) is 0.600. The molecule has 1 fully saturated rings. The van der Waals surface area contributed by atoms with Crippen molar-refractivity contribution in [2.45, 2.75) is 51.1 Å². The summed E-state index contributed by atoms with van der Waals surface area (Å²) in [6, 6.07) is 5.89. The molecule has 0 bridgehead atoms. The Morgan fingerprint density at radius 1 is 1.17 bits per heavy atom. The molecular weight excluding hydrogens is 392 g/mol. The Labute approximate surface area is 173 Å². The molecule has 0 atom stereocenters. The largest absolute Gasteiger partial charge is 0.347 e. The highest BCUT2D eigenvalue weighted by Gasteiger charge is 2.27. The molecule has 2 amide bonds. The summed E-state index contributed by atoms with van der Waals surface area (Å²) >= 11 is 0. The van der Waals surface area contributed by atoms with Crippen LogP contribution in [0.4, 0.5) is 0 Å². The maximum atomic E-state index is 12.8. The topological polar surface area (TPSA) is 100 Å². The molecule has 2 rings (SSSR count). The van der Waals surface area contributed by atoms with Gasteiger partial charge in [-0.15, -0.1) is 0 Å². The Balaban J connectivity index is 1.98. The first-order chi connectivity index (χ1) is 13.4. The fourth-order valence-corrected chi connectivity index (χ4v) is 4.55. The molecule has 1 aromatic rings. The lowest BCUT2D eigenvalue weighted by Gasteiger charge is -2.32. The summed E-state index contributed by atoms with van der Waals surface area (Å²) in [5, 5.41) is 2.96. The van der Waals surface area contributed by atoms with E-state index in [1.165, 1.54) is 12.1 Å². The van der Waals surface area contributed by atoms with Crippen molar-refractivity contribution in [3.8, 4) is 0 Å². The molecule has 162 valence electrons. The number of hydrogen-bond acceptors (Lipinski definition) is 4. The molecular formula is C20H33N4O4S+. The number of carbonyl (C=O) groups excluding carboxylic acids is 2. The Kier molecular flexibility index (Phi) is 7.42. The van der Waals surface area contributed by atoms with Crippen molar-refractivity contribution in [3.63, 3.8) is 0 Å². The number of rotatable bonds is 6. The summed E-state index contributed by atoms with van der Waals surface area (Å²) in [5.74, 6) is -0.187. The number of nitrogens with zero attached hydrogens (tertiary/aromatic N) is 1. The number of sulfonamides is 1. The van der Waals surface area contributed by atoms with Crippen LogP contribution in [0.1, 0.15) is 45.0 Å². The molecule has 0 aromatic heterocycles. The SMILES string of the molecule is CC(C)NS(=O)(=O)c1cccc(C(=O)N2CC[NH+](CC(=O)NC(C)(C)C)CC2)c1. The molecule has 1 heterocycles. The van der Waals surface area contributed by atoms with Crippen LogP contribution in [-0.2, 0) is 14.8 Å². The minimum absolute atomic E-state index is 0.00263. The van der Waals surface area contributed by atoms with Gasteiger partial charge in [0, 0.05) is 17.1 Å². The zero-order valence-corrected chi connectivity index (χ0v) is 18.7. The van der Waals surface area contributed by atoms with Crippen molar-refractivity contribution >= 4 is 21.8 Å². The van der Waals surface area contributed by atoms with Crippen LogP contribution >= 0.6 is 0 Å². The van der Waals surface area contributed by atoms with Gasteiger partial charge in [-0.25, -0.2) is 13.1 Å². The molecule has 29 heavy (non-hydrogen) atoms. The summed E-state index contributed by atoms with van der Waals surface area (Å²) < 4.78 is 27.2. The highest BCUT2D eigenvalue weighted by molar-refractivity contribution is 7.89. The highest BCUT2D eigenvalue weighted by Crippen LogP contribution is 2.14. The van der Waals surface area contributed by atoms with Gasteiger partial charge in [-0.3, -0.25) is 9.59 Å². The van der Waals surface area contributed by atoms with E-state index in [4.69, 9.17) is 0 Å². The van der Waals surface area contributed by atoms with Gasteiger partial charge in [0.15, 0.2) is 6.54 Å². The molecule has 9 heteroatoms. The first-order valence-corrected chi connectivity index (χ1v) is 11.4. The van der Waals surface area contributed by atoms with E-state index >= 15 is 0 Å². The maximum Gasteiger partial charge on any atom is 0.275 e. The van der Waals surface area contributed by atoms with Gasteiger partial charge in [-0.2, -0.15) is 0 Å². The zero-order chi connectivity index (χ0) is 21.8. The lowest BCUT2D eigenvalue weighted by Crippen LogP contribution is -3.16. The molecule has 8 nitrogen and oxygen atoms in total. The van der Waals surface area contributed by atoms with Crippen molar-refractivity contribution in [3.05, 3.63) is 29.8 Å². The van der Waals surface area contributed by atoms with Gasteiger partial charge < -0.3 is 15.1 Å².